The molecule has 0 radical (unpaired) electrons. The second kappa shape index (κ2) is 4.56. The van der Waals surface area contributed by atoms with Crippen LogP contribution in [0, 0.1) is 0 Å². The summed E-state index contributed by atoms with van der Waals surface area (Å²) >= 11 is 6.14. The summed E-state index contributed by atoms with van der Waals surface area (Å²) in [6.07, 6.45) is 0. The zero-order valence-electron chi connectivity index (χ0n) is 9.79. The number of urea groups is 1. The molecule has 0 aliphatic carbocycles. The lowest BCUT2D eigenvalue weighted by Crippen LogP contribution is -2.55. The second-order valence-electron chi connectivity index (χ2n) is 4.25. The second-order valence-corrected chi connectivity index (χ2v) is 4.66. The van der Waals surface area contributed by atoms with Crippen LogP contribution in [0.1, 0.15) is 11.6 Å². The smallest absolute Gasteiger partial charge is 0.319 e. The van der Waals surface area contributed by atoms with Crippen molar-refractivity contribution in [1.29, 1.82) is 0 Å². The van der Waals surface area contributed by atoms with Crippen LogP contribution < -0.4 is 21.5 Å². The van der Waals surface area contributed by atoms with E-state index in [9.17, 15) is 9.59 Å². The number of hydrogen-bond acceptors (Lipinski definition) is 3. The summed E-state index contributed by atoms with van der Waals surface area (Å²) in [6.45, 7) is 0.370. The Bertz CT molecular complexity index is 599. The van der Waals surface area contributed by atoms with Crippen LogP contribution in [0.4, 0.5) is 4.79 Å². The summed E-state index contributed by atoms with van der Waals surface area (Å²) < 4.78 is 0. The summed E-state index contributed by atoms with van der Waals surface area (Å²) in [5, 5.41) is 5.86. The molecule has 19 heavy (non-hydrogen) atoms. The van der Waals surface area contributed by atoms with E-state index >= 15 is 0 Å². The third-order valence-electron chi connectivity index (χ3n) is 3.08. The van der Waals surface area contributed by atoms with Gasteiger partial charge in [0.15, 0.2) is 0 Å². The molecule has 3 amide bonds. The van der Waals surface area contributed by atoms with Crippen LogP contribution in [0.3, 0.4) is 0 Å². The average Bonchev–Trinajstić information content (AvgIpc) is 2.38. The van der Waals surface area contributed by atoms with Crippen molar-refractivity contribution < 1.29 is 9.59 Å². The van der Waals surface area contributed by atoms with Crippen molar-refractivity contribution in [1.82, 2.24) is 21.5 Å². The molecule has 2 aliphatic rings. The van der Waals surface area contributed by atoms with Gasteiger partial charge < -0.3 is 10.6 Å². The van der Waals surface area contributed by atoms with Crippen molar-refractivity contribution in [2.75, 3.05) is 6.54 Å². The molecular weight excluding hydrogens is 268 g/mol. The maximum absolute atomic E-state index is 12.0. The molecule has 0 aromatic heterocycles. The van der Waals surface area contributed by atoms with E-state index in [0.29, 0.717) is 28.4 Å². The van der Waals surface area contributed by atoms with Crippen LogP contribution in [-0.2, 0) is 4.79 Å². The van der Waals surface area contributed by atoms with Crippen LogP contribution in [0.2, 0.25) is 5.02 Å². The number of carbonyl (C=O) groups is 2. The maximum atomic E-state index is 12.0. The van der Waals surface area contributed by atoms with Crippen LogP contribution in [-0.4, -0.2) is 18.5 Å². The predicted octanol–water partition coefficient (Wildman–Crippen LogP) is 0.582. The molecule has 4 N–H and O–H groups in total. The van der Waals surface area contributed by atoms with Gasteiger partial charge in [0, 0.05) is 10.7 Å². The lowest BCUT2D eigenvalue weighted by atomic mass is 9.94. The minimum Gasteiger partial charge on any atom is -0.327 e. The molecular formula is C12H11ClN4O2. The number of halogens is 1. The maximum Gasteiger partial charge on any atom is 0.319 e. The first-order valence-electron chi connectivity index (χ1n) is 5.75. The van der Waals surface area contributed by atoms with Crippen molar-refractivity contribution in [3.63, 3.8) is 0 Å². The van der Waals surface area contributed by atoms with E-state index in [2.05, 4.69) is 21.5 Å². The van der Waals surface area contributed by atoms with Gasteiger partial charge >= 0.3 is 6.03 Å². The Hall–Kier alpha value is -2.05. The molecule has 2 aliphatic heterocycles. The first-order chi connectivity index (χ1) is 9.16. The molecule has 1 aromatic rings. The first kappa shape index (κ1) is 12.0. The number of hydrazine groups is 1. The largest absolute Gasteiger partial charge is 0.327 e. The van der Waals surface area contributed by atoms with Gasteiger partial charge in [0.25, 0.3) is 5.91 Å². The van der Waals surface area contributed by atoms with E-state index in [1.54, 1.807) is 18.2 Å². The highest BCUT2D eigenvalue weighted by atomic mass is 35.5. The normalized spacial score (nSPS) is 22.3. The van der Waals surface area contributed by atoms with Crippen LogP contribution in [0.5, 0.6) is 0 Å². The topological polar surface area (TPSA) is 82.3 Å². The molecule has 6 nitrogen and oxygen atoms in total. The van der Waals surface area contributed by atoms with Crippen LogP contribution in [0.25, 0.3) is 0 Å². The molecule has 0 bridgehead atoms. The summed E-state index contributed by atoms with van der Waals surface area (Å²) in [4.78, 5) is 23.6. The third kappa shape index (κ3) is 2.05. The minimum absolute atomic E-state index is 0.279. The Labute approximate surface area is 114 Å². The third-order valence-corrected chi connectivity index (χ3v) is 3.43. The summed E-state index contributed by atoms with van der Waals surface area (Å²) in [6, 6.07) is 6.24. The van der Waals surface area contributed by atoms with Crippen molar-refractivity contribution in [3.8, 4) is 0 Å². The molecule has 2 heterocycles. The highest BCUT2D eigenvalue weighted by molar-refractivity contribution is 6.31. The van der Waals surface area contributed by atoms with Crippen LogP contribution in [0.15, 0.2) is 35.5 Å². The Balaban J connectivity index is 2.11. The Morgan fingerprint density at radius 3 is 2.79 bits per heavy atom. The zero-order valence-corrected chi connectivity index (χ0v) is 10.5. The van der Waals surface area contributed by atoms with Crippen molar-refractivity contribution in [2.45, 2.75) is 6.04 Å². The summed E-state index contributed by atoms with van der Waals surface area (Å²) in [5.74, 6) is -0.279. The van der Waals surface area contributed by atoms with Crippen molar-refractivity contribution in [2.24, 2.45) is 0 Å². The molecule has 0 saturated carbocycles. The standard InChI is InChI=1S/C12H11ClN4O2/c13-7-4-2-1-3-6(7)10-9-8(15-12(19)16-10)5-14-17-11(9)18/h1-4,10,14H,5H2,(H,17,18)(H2,15,16,19). The SMILES string of the molecule is O=C1NC2=C(C(=O)NNC2)C(c2ccccc2Cl)N1. The fourth-order valence-corrected chi connectivity index (χ4v) is 2.49. The van der Waals surface area contributed by atoms with Gasteiger partial charge in [-0.25, -0.2) is 10.2 Å². The minimum atomic E-state index is -0.542. The zero-order chi connectivity index (χ0) is 13.4. The molecule has 1 unspecified atom stereocenters. The molecule has 1 atom stereocenters. The highest BCUT2D eigenvalue weighted by Gasteiger charge is 2.35. The van der Waals surface area contributed by atoms with Gasteiger partial charge in [-0.3, -0.25) is 10.2 Å². The Morgan fingerprint density at radius 1 is 1.21 bits per heavy atom. The first-order valence-corrected chi connectivity index (χ1v) is 6.13. The molecule has 0 saturated heterocycles. The Morgan fingerprint density at radius 2 is 2.00 bits per heavy atom. The van der Waals surface area contributed by atoms with Crippen molar-refractivity contribution >= 4 is 23.5 Å². The number of hydrogen-bond donors (Lipinski definition) is 4. The lowest BCUT2D eigenvalue weighted by Gasteiger charge is -2.33. The molecule has 1 aromatic carbocycles. The van der Waals surface area contributed by atoms with Gasteiger partial charge in [0.1, 0.15) is 0 Å². The van der Waals surface area contributed by atoms with E-state index < -0.39 is 6.04 Å². The molecule has 0 fully saturated rings. The quantitative estimate of drug-likeness (QED) is 0.607. The summed E-state index contributed by atoms with van der Waals surface area (Å²) in [5.41, 5.74) is 6.99. The van der Waals surface area contributed by atoms with E-state index in [4.69, 9.17) is 11.6 Å². The number of rotatable bonds is 1. The molecule has 3 rings (SSSR count). The predicted molar refractivity (Wildman–Crippen MR) is 69.0 cm³/mol. The number of amides is 3. The monoisotopic (exact) mass is 278 g/mol. The number of benzene rings is 1. The van der Waals surface area contributed by atoms with Gasteiger partial charge in [0.2, 0.25) is 0 Å². The van der Waals surface area contributed by atoms with Gasteiger partial charge in [-0.05, 0) is 11.6 Å². The van der Waals surface area contributed by atoms with Gasteiger partial charge in [-0.1, -0.05) is 29.8 Å². The molecule has 0 spiro atoms. The van der Waals surface area contributed by atoms with E-state index in [-0.39, 0.29) is 11.9 Å². The fourth-order valence-electron chi connectivity index (χ4n) is 2.25. The van der Waals surface area contributed by atoms with Crippen molar-refractivity contribution in [3.05, 3.63) is 46.1 Å². The molecule has 98 valence electrons. The van der Waals surface area contributed by atoms with E-state index in [1.165, 1.54) is 0 Å². The van der Waals surface area contributed by atoms with E-state index in [1.807, 2.05) is 6.07 Å². The number of carbonyl (C=O) groups excluding carboxylic acids is 2. The average molecular weight is 279 g/mol. The highest BCUT2D eigenvalue weighted by Crippen LogP contribution is 2.31. The summed E-state index contributed by atoms with van der Waals surface area (Å²) in [7, 11) is 0. The van der Waals surface area contributed by atoms with Crippen LogP contribution >= 0.6 is 11.6 Å². The van der Waals surface area contributed by atoms with Gasteiger partial charge in [-0.2, -0.15) is 0 Å². The lowest BCUT2D eigenvalue weighted by molar-refractivity contribution is -0.119. The number of nitrogens with one attached hydrogen (secondary N) is 4. The van der Waals surface area contributed by atoms with Gasteiger partial charge in [0.05, 0.1) is 18.2 Å². The van der Waals surface area contributed by atoms with E-state index in [0.717, 1.165) is 0 Å². The van der Waals surface area contributed by atoms with Gasteiger partial charge in [-0.15, -0.1) is 0 Å². The molecule has 7 heteroatoms. The fraction of sp³-hybridized carbons (Fsp3) is 0.167. The Kier molecular flexibility index (Phi) is 2.88.